The highest BCUT2D eigenvalue weighted by Gasteiger charge is 2.22. The smallest absolute Gasteiger partial charge is 0.402 e. The Balaban J connectivity index is 2.08. The molecule has 142 valence electrons. The van der Waals surface area contributed by atoms with E-state index in [2.05, 4.69) is 11.9 Å². The van der Waals surface area contributed by atoms with Gasteiger partial charge in [-0.15, -0.1) is 0 Å². The van der Waals surface area contributed by atoms with Crippen LogP contribution in [0.2, 0.25) is 0 Å². The number of likely N-dealkylation sites (N-methyl/N-ethyl adjacent to an activating group) is 1. The van der Waals surface area contributed by atoms with E-state index in [1.807, 2.05) is 42.5 Å². The molecule has 0 aliphatic carbocycles. The Morgan fingerprint density at radius 1 is 1.26 bits per heavy atom. The van der Waals surface area contributed by atoms with Crippen LogP contribution in [0.1, 0.15) is 12.5 Å². The predicted molar refractivity (Wildman–Crippen MR) is 103 cm³/mol. The van der Waals surface area contributed by atoms with E-state index in [-0.39, 0.29) is 18.9 Å². The third kappa shape index (κ3) is 6.21. The van der Waals surface area contributed by atoms with Crippen LogP contribution < -0.4 is 5.32 Å². The first-order chi connectivity index (χ1) is 12.9. The second kappa shape index (κ2) is 9.87. The molecule has 0 spiro atoms. The number of rotatable bonds is 9. The summed E-state index contributed by atoms with van der Waals surface area (Å²) in [4.78, 5) is 25.2. The lowest BCUT2D eigenvalue weighted by Gasteiger charge is -2.23. The third-order valence-corrected chi connectivity index (χ3v) is 4.05. The zero-order chi connectivity index (χ0) is 19.8. The fourth-order valence-electron chi connectivity index (χ4n) is 2.73. The molecule has 0 aromatic heterocycles. The molecule has 27 heavy (non-hydrogen) atoms. The van der Waals surface area contributed by atoms with Gasteiger partial charge >= 0.3 is 7.32 Å². The Morgan fingerprint density at radius 3 is 2.59 bits per heavy atom. The maximum Gasteiger partial charge on any atom is 0.635 e. The Bertz CT molecular complexity index is 812. The summed E-state index contributed by atoms with van der Waals surface area (Å²) >= 11 is 0. The number of fused-ring (bicyclic) bond motifs is 1. The molecule has 0 saturated carbocycles. The van der Waals surface area contributed by atoms with Crippen LogP contribution in [0.3, 0.4) is 0 Å². The SMILES string of the molecule is C=CC(=O)N(CC)CC(=O)N[C@@H](Cc1ccc2ccccc2c1)OB(O)O. The largest absolute Gasteiger partial charge is 0.635 e. The maximum absolute atomic E-state index is 12.2. The highest BCUT2D eigenvalue weighted by molar-refractivity contribution is 6.32. The molecule has 0 saturated heterocycles. The van der Waals surface area contributed by atoms with Crippen LogP contribution in [0.4, 0.5) is 0 Å². The Kier molecular flexibility index (Phi) is 7.54. The Hall–Kier alpha value is -2.68. The first-order valence-electron chi connectivity index (χ1n) is 8.63. The summed E-state index contributed by atoms with van der Waals surface area (Å²) in [7, 11) is -2.03. The minimum atomic E-state index is -2.03. The third-order valence-electron chi connectivity index (χ3n) is 4.05. The molecule has 0 fully saturated rings. The molecule has 8 heteroatoms. The van der Waals surface area contributed by atoms with Crippen molar-refractivity contribution in [2.24, 2.45) is 0 Å². The van der Waals surface area contributed by atoms with Crippen molar-refractivity contribution in [3.05, 3.63) is 60.7 Å². The summed E-state index contributed by atoms with van der Waals surface area (Å²) in [6.07, 6.45) is 0.406. The van der Waals surface area contributed by atoms with Gasteiger partial charge in [-0.3, -0.25) is 9.59 Å². The first kappa shape index (κ1) is 20.6. The molecule has 0 bridgehead atoms. The lowest BCUT2D eigenvalue weighted by atomic mass is 10.0. The van der Waals surface area contributed by atoms with Crippen molar-refractivity contribution in [1.82, 2.24) is 10.2 Å². The average Bonchev–Trinajstić information content (AvgIpc) is 2.64. The van der Waals surface area contributed by atoms with E-state index in [1.54, 1.807) is 6.92 Å². The second-order valence-electron chi connectivity index (χ2n) is 5.96. The van der Waals surface area contributed by atoms with Gasteiger partial charge in [0.15, 0.2) is 0 Å². The van der Waals surface area contributed by atoms with Crippen molar-refractivity contribution in [1.29, 1.82) is 0 Å². The van der Waals surface area contributed by atoms with E-state index in [0.717, 1.165) is 22.4 Å². The number of hydrogen-bond donors (Lipinski definition) is 3. The fourth-order valence-corrected chi connectivity index (χ4v) is 2.73. The second-order valence-corrected chi connectivity index (χ2v) is 5.96. The molecule has 2 amide bonds. The lowest BCUT2D eigenvalue weighted by molar-refractivity contribution is -0.133. The molecule has 0 heterocycles. The van der Waals surface area contributed by atoms with Crippen molar-refractivity contribution in [3.63, 3.8) is 0 Å². The van der Waals surface area contributed by atoms with Gasteiger partial charge in [-0.05, 0) is 29.3 Å². The van der Waals surface area contributed by atoms with Crippen molar-refractivity contribution in [2.75, 3.05) is 13.1 Å². The average molecular weight is 370 g/mol. The van der Waals surface area contributed by atoms with Gasteiger partial charge < -0.3 is 24.9 Å². The molecule has 2 rings (SSSR count). The highest BCUT2D eigenvalue weighted by atomic mass is 16.6. The van der Waals surface area contributed by atoms with E-state index in [9.17, 15) is 9.59 Å². The van der Waals surface area contributed by atoms with Gasteiger partial charge in [0.2, 0.25) is 11.8 Å². The van der Waals surface area contributed by atoms with Crippen LogP contribution >= 0.6 is 0 Å². The summed E-state index contributed by atoms with van der Waals surface area (Å²) in [6, 6.07) is 13.6. The van der Waals surface area contributed by atoms with Gasteiger partial charge in [-0.25, -0.2) is 0 Å². The lowest BCUT2D eigenvalue weighted by Crippen LogP contribution is -2.47. The summed E-state index contributed by atoms with van der Waals surface area (Å²) < 4.78 is 4.99. The van der Waals surface area contributed by atoms with Crippen molar-refractivity contribution >= 4 is 29.9 Å². The molecule has 1 atom stereocenters. The number of benzene rings is 2. The van der Waals surface area contributed by atoms with Crippen LogP contribution in [0.15, 0.2) is 55.1 Å². The summed E-state index contributed by atoms with van der Waals surface area (Å²) in [5, 5.41) is 23.0. The molecule has 7 nitrogen and oxygen atoms in total. The van der Waals surface area contributed by atoms with Gasteiger partial charge in [-0.2, -0.15) is 0 Å². The molecule has 0 aliphatic rings. The van der Waals surface area contributed by atoms with Crippen LogP contribution in [0, 0.1) is 0 Å². The van der Waals surface area contributed by atoms with E-state index in [1.165, 1.54) is 4.90 Å². The molecular weight excluding hydrogens is 347 g/mol. The zero-order valence-electron chi connectivity index (χ0n) is 15.2. The summed E-state index contributed by atoms with van der Waals surface area (Å²) in [6.45, 7) is 5.31. The Morgan fingerprint density at radius 2 is 1.96 bits per heavy atom. The van der Waals surface area contributed by atoms with Crippen LogP contribution in [0.25, 0.3) is 10.8 Å². The number of carbonyl (C=O) groups excluding carboxylic acids is 2. The quantitative estimate of drug-likeness (QED) is 0.345. The zero-order valence-corrected chi connectivity index (χ0v) is 15.2. The van der Waals surface area contributed by atoms with Gasteiger partial charge in [-0.1, -0.05) is 49.0 Å². The van der Waals surface area contributed by atoms with Crippen LogP contribution in [0.5, 0.6) is 0 Å². The minimum absolute atomic E-state index is 0.180. The summed E-state index contributed by atoms with van der Waals surface area (Å²) in [5.74, 6) is -0.833. The van der Waals surface area contributed by atoms with Gasteiger partial charge in [0.25, 0.3) is 0 Å². The topological polar surface area (TPSA) is 99.1 Å². The maximum atomic E-state index is 12.2. The first-order valence-corrected chi connectivity index (χ1v) is 8.63. The number of nitrogens with one attached hydrogen (secondary N) is 1. The number of carbonyl (C=O) groups is 2. The van der Waals surface area contributed by atoms with Crippen molar-refractivity contribution in [3.8, 4) is 0 Å². The molecule has 3 N–H and O–H groups in total. The molecule has 2 aromatic carbocycles. The molecule has 2 aromatic rings. The van der Waals surface area contributed by atoms with Crippen LogP contribution in [-0.2, 0) is 20.7 Å². The standard InChI is InChI=1S/C19H23BN2O5/c1-3-19(24)22(4-2)13-17(23)21-18(27-20(25)26)12-14-9-10-15-7-5-6-8-16(15)11-14/h3,5-11,18,25-26H,1,4,12-13H2,2H3,(H,21,23)/t18-/m1/s1. The van der Waals surface area contributed by atoms with E-state index in [4.69, 9.17) is 14.7 Å². The van der Waals surface area contributed by atoms with Gasteiger partial charge in [0.05, 0.1) is 6.54 Å². The van der Waals surface area contributed by atoms with Gasteiger partial charge in [0.1, 0.15) is 6.23 Å². The molecular formula is C19H23BN2O5. The summed E-state index contributed by atoms with van der Waals surface area (Å²) in [5.41, 5.74) is 0.856. The number of amides is 2. The van der Waals surface area contributed by atoms with E-state index >= 15 is 0 Å². The fraction of sp³-hybridized carbons (Fsp3) is 0.263. The monoisotopic (exact) mass is 370 g/mol. The van der Waals surface area contributed by atoms with Crippen molar-refractivity contribution in [2.45, 2.75) is 19.6 Å². The van der Waals surface area contributed by atoms with Crippen molar-refractivity contribution < 1.29 is 24.3 Å². The Labute approximate surface area is 158 Å². The molecule has 0 radical (unpaired) electrons. The van der Waals surface area contributed by atoms with E-state index < -0.39 is 19.5 Å². The predicted octanol–water partition coefficient (Wildman–Crippen LogP) is 0.845. The highest BCUT2D eigenvalue weighted by Crippen LogP contribution is 2.17. The number of hydrogen-bond acceptors (Lipinski definition) is 5. The van der Waals surface area contributed by atoms with E-state index in [0.29, 0.717) is 6.54 Å². The normalized spacial score (nSPS) is 11.7. The minimum Gasteiger partial charge on any atom is -0.402 e. The number of nitrogens with zero attached hydrogens (tertiary/aromatic N) is 1. The van der Waals surface area contributed by atoms with Crippen LogP contribution in [-0.4, -0.2) is 53.4 Å². The molecule has 0 unspecified atom stereocenters. The van der Waals surface area contributed by atoms with Gasteiger partial charge in [0, 0.05) is 13.0 Å². The molecule has 0 aliphatic heterocycles.